The van der Waals surface area contributed by atoms with Crippen molar-refractivity contribution in [2.24, 2.45) is 4.99 Å². The maximum Gasteiger partial charge on any atom is 0.115 e. The second kappa shape index (κ2) is 3.01. The van der Waals surface area contributed by atoms with Crippen LogP contribution in [0, 0.1) is 0 Å². The number of hydrogen-bond donors (Lipinski definition) is 1. The summed E-state index contributed by atoms with van der Waals surface area (Å²) in [6.07, 6.45) is 0. The number of phenolic OH excluding ortho intramolecular Hbond substituents is 1. The van der Waals surface area contributed by atoms with Gasteiger partial charge in [-0.25, -0.2) is 0 Å². The van der Waals surface area contributed by atoms with Gasteiger partial charge in [-0.1, -0.05) is 12.1 Å². The minimum Gasteiger partial charge on any atom is -0.508 e. The fourth-order valence-corrected chi connectivity index (χ4v) is 0.784. The Morgan fingerprint density at radius 3 is 2.90 bits per heavy atom. The highest BCUT2D eigenvalue weighted by molar-refractivity contribution is 5.29. The van der Waals surface area contributed by atoms with E-state index in [0.717, 1.165) is 5.56 Å². The summed E-state index contributed by atoms with van der Waals surface area (Å²) < 4.78 is 0. The lowest BCUT2D eigenvalue weighted by Gasteiger charge is -1.95. The molecule has 0 radical (unpaired) electrons. The summed E-state index contributed by atoms with van der Waals surface area (Å²) in [7, 11) is 0. The van der Waals surface area contributed by atoms with E-state index in [1.807, 2.05) is 6.07 Å². The van der Waals surface area contributed by atoms with Crippen molar-refractivity contribution in [3.05, 3.63) is 29.8 Å². The van der Waals surface area contributed by atoms with Crippen LogP contribution >= 0.6 is 0 Å². The van der Waals surface area contributed by atoms with E-state index in [1.165, 1.54) is 0 Å². The highest BCUT2D eigenvalue weighted by Gasteiger charge is 1.89. The Morgan fingerprint density at radius 2 is 2.30 bits per heavy atom. The Kier molecular flexibility index (Phi) is 2.05. The molecule has 0 fully saturated rings. The smallest absolute Gasteiger partial charge is 0.115 e. The summed E-state index contributed by atoms with van der Waals surface area (Å²) in [4.78, 5) is 3.69. The standard InChI is InChI=1S/C8H9NO/c1-9-6-7-3-2-4-8(10)5-7/h2-5,10H,1,6H2. The molecule has 0 amide bonds. The molecule has 10 heavy (non-hydrogen) atoms. The molecule has 1 N–H and O–H groups in total. The molecule has 0 aliphatic rings. The molecule has 0 bridgehead atoms. The summed E-state index contributed by atoms with van der Waals surface area (Å²) >= 11 is 0. The molecule has 1 rings (SSSR count). The first-order valence-electron chi connectivity index (χ1n) is 3.03. The molecule has 0 aliphatic heterocycles. The number of aromatic hydroxyl groups is 1. The molecule has 2 heteroatoms. The predicted octanol–water partition coefficient (Wildman–Crippen LogP) is 1.59. The van der Waals surface area contributed by atoms with Gasteiger partial charge in [-0.2, -0.15) is 0 Å². The van der Waals surface area contributed by atoms with Gasteiger partial charge in [0.1, 0.15) is 5.75 Å². The zero-order valence-electron chi connectivity index (χ0n) is 5.62. The van der Waals surface area contributed by atoms with Crippen LogP contribution in [-0.2, 0) is 6.54 Å². The molecule has 1 aromatic carbocycles. The maximum atomic E-state index is 8.98. The van der Waals surface area contributed by atoms with Gasteiger partial charge in [-0.05, 0) is 24.4 Å². The van der Waals surface area contributed by atoms with Crippen molar-refractivity contribution in [3.63, 3.8) is 0 Å². The highest BCUT2D eigenvalue weighted by Crippen LogP contribution is 2.10. The van der Waals surface area contributed by atoms with Crippen LogP contribution in [0.4, 0.5) is 0 Å². The third-order valence-corrected chi connectivity index (χ3v) is 1.20. The normalized spacial score (nSPS) is 9.20. The van der Waals surface area contributed by atoms with E-state index in [2.05, 4.69) is 11.7 Å². The van der Waals surface area contributed by atoms with Gasteiger partial charge < -0.3 is 5.11 Å². The summed E-state index contributed by atoms with van der Waals surface area (Å²) in [6, 6.07) is 6.99. The van der Waals surface area contributed by atoms with E-state index in [4.69, 9.17) is 5.11 Å². The molecule has 0 unspecified atom stereocenters. The van der Waals surface area contributed by atoms with E-state index in [-0.39, 0.29) is 5.75 Å². The highest BCUT2D eigenvalue weighted by atomic mass is 16.3. The molecule has 0 aromatic heterocycles. The van der Waals surface area contributed by atoms with Gasteiger partial charge in [0.25, 0.3) is 0 Å². The third kappa shape index (κ3) is 1.58. The zero-order chi connectivity index (χ0) is 7.40. The first kappa shape index (κ1) is 6.81. The average Bonchev–Trinajstić information content (AvgIpc) is 1.88. The number of aliphatic imine (C=N–C) groups is 1. The fraction of sp³-hybridized carbons (Fsp3) is 0.125. The quantitative estimate of drug-likeness (QED) is 0.614. The van der Waals surface area contributed by atoms with Crippen LogP contribution < -0.4 is 0 Å². The van der Waals surface area contributed by atoms with Gasteiger partial charge in [0.15, 0.2) is 0 Å². The van der Waals surface area contributed by atoms with Gasteiger partial charge in [0.05, 0.1) is 6.54 Å². The Bertz CT molecular complexity index is 232. The third-order valence-electron chi connectivity index (χ3n) is 1.20. The van der Waals surface area contributed by atoms with E-state index >= 15 is 0 Å². The molecule has 1 aromatic rings. The Balaban J connectivity index is 2.84. The molecule has 0 heterocycles. The SMILES string of the molecule is C=NCc1cccc(O)c1. The summed E-state index contributed by atoms with van der Waals surface area (Å²) in [6.45, 7) is 3.92. The number of nitrogens with zero attached hydrogens (tertiary/aromatic N) is 1. The van der Waals surface area contributed by atoms with Crippen LogP contribution in [0.1, 0.15) is 5.56 Å². The molecule has 0 saturated carbocycles. The lowest BCUT2D eigenvalue weighted by atomic mass is 10.2. The van der Waals surface area contributed by atoms with Crippen molar-refractivity contribution in [2.75, 3.05) is 0 Å². The summed E-state index contributed by atoms with van der Waals surface area (Å²) in [5.41, 5.74) is 0.981. The average molecular weight is 135 g/mol. The summed E-state index contributed by atoms with van der Waals surface area (Å²) in [5, 5.41) is 8.98. The largest absolute Gasteiger partial charge is 0.508 e. The lowest BCUT2D eigenvalue weighted by Crippen LogP contribution is -1.77. The predicted molar refractivity (Wildman–Crippen MR) is 41.4 cm³/mol. The van der Waals surface area contributed by atoms with Crippen LogP contribution in [0.15, 0.2) is 29.3 Å². The van der Waals surface area contributed by atoms with Gasteiger partial charge in [0.2, 0.25) is 0 Å². The van der Waals surface area contributed by atoms with Gasteiger partial charge in [0, 0.05) is 0 Å². The van der Waals surface area contributed by atoms with Crippen molar-refractivity contribution in [3.8, 4) is 5.75 Å². The van der Waals surface area contributed by atoms with Crippen molar-refractivity contribution in [1.82, 2.24) is 0 Å². The molecule has 0 spiro atoms. The van der Waals surface area contributed by atoms with Crippen LogP contribution in [0.25, 0.3) is 0 Å². The molecule has 0 atom stereocenters. The molecular formula is C8H9NO. The number of hydrogen-bond acceptors (Lipinski definition) is 2. The van der Waals surface area contributed by atoms with E-state index in [1.54, 1.807) is 18.2 Å². The summed E-state index contributed by atoms with van der Waals surface area (Å²) in [5.74, 6) is 0.279. The minimum absolute atomic E-state index is 0.279. The second-order valence-corrected chi connectivity index (χ2v) is 2.05. The monoisotopic (exact) mass is 135 g/mol. The van der Waals surface area contributed by atoms with Crippen molar-refractivity contribution in [1.29, 1.82) is 0 Å². The van der Waals surface area contributed by atoms with Crippen LogP contribution in [0.3, 0.4) is 0 Å². The zero-order valence-corrected chi connectivity index (χ0v) is 5.62. The van der Waals surface area contributed by atoms with Crippen molar-refractivity contribution >= 4 is 6.72 Å². The van der Waals surface area contributed by atoms with E-state index < -0.39 is 0 Å². The molecule has 2 nitrogen and oxygen atoms in total. The molecule has 52 valence electrons. The first-order valence-corrected chi connectivity index (χ1v) is 3.03. The topological polar surface area (TPSA) is 32.6 Å². The molecular weight excluding hydrogens is 126 g/mol. The number of rotatable bonds is 2. The first-order chi connectivity index (χ1) is 4.83. The van der Waals surface area contributed by atoms with E-state index in [9.17, 15) is 0 Å². The Hall–Kier alpha value is -1.31. The Morgan fingerprint density at radius 1 is 1.50 bits per heavy atom. The number of benzene rings is 1. The van der Waals surface area contributed by atoms with Gasteiger partial charge in [-0.15, -0.1) is 0 Å². The molecule has 0 aliphatic carbocycles. The van der Waals surface area contributed by atoms with Gasteiger partial charge >= 0.3 is 0 Å². The van der Waals surface area contributed by atoms with Crippen LogP contribution in [0.5, 0.6) is 5.75 Å². The van der Waals surface area contributed by atoms with E-state index in [0.29, 0.717) is 6.54 Å². The van der Waals surface area contributed by atoms with Crippen molar-refractivity contribution in [2.45, 2.75) is 6.54 Å². The lowest BCUT2D eigenvalue weighted by molar-refractivity contribution is 0.474. The fourth-order valence-electron chi connectivity index (χ4n) is 0.784. The second-order valence-electron chi connectivity index (χ2n) is 2.05. The maximum absolute atomic E-state index is 8.98. The van der Waals surface area contributed by atoms with Gasteiger partial charge in [-0.3, -0.25) is 4.99 Å². The van der Waals surface area contributed by atoms with Crippen LogP contribution in [0.2, 0.25) is 0 Å². The van der Waals surface area contributed by atoms with Crippen molar-refractivity contribution < 1.29 is 5.11 Å². The molecule has 0 saturated heterocycles. The number of phenols is 1. The minimum atomic E-state index is 0.279. The Labute approximate surface area is 59.9 Å². The van der Waals surface area contributed by atoms with Crippen LogP contribution in [-0.4, -0.2) is 11.8 Å².